The number of nitrogens with zero attached hydrogens (tertiary/aromatic N) is 1. The molecular formula is C14H22Cl2FN3O2. The van der Waals surface area contributed by atoms with Gasteiger partial charge >= 0.3 is 0 Å². The Morgan fingerprint density at radius 1 is 1.36 bits per heavy atom. The number of carbonyl (C=O) groups is 1. The van der Waals surface area contributed by atoms with E-state index in [-0.39, 0.29) is 49.0 Å². The van der Waals surface area contributed by atoms with E-state index in [9.17, 15) is 9.18 Å². The molecule has 1 aliphatic rings. The number of hydrogen-bond acceptors (Lipinski definition) is 4. The van der Waals surface area contributed by atoms with E-state index in [1.807, 2.05) is 4.90 Å². The van der Waals surface area contributed by atoms with Crippen LogP contribution in [0.5, 0.6) is 0 Å². The van der Waals surface area contributed by atoms with Gasteiger partial charge in [-0.15, -0.1) is 24.8 Å². The quantitative estimate of drug-likeness (QED) is 0.870. The number of nitrogens with one attached hydrogen (secondary N) is 1. The van der Waals surface area contributed by atoms with Crippen molar-refractivity contribution in [2.45, 2.75) is 19.4 Å². The van der Waals surface area contributed by atoms with Gasteiger partial charge in [0.15, 0.2) is 0 Å². The summed E-state index contributed by atoms with van der Waals surface area (Å²) in [5.41, 5.74) is 6.78. The highest BCUT2D eigenvalue weighted by Gasteiger charge is 2.14. The molecule has 1 amide bonds. The lowest BCUT2D eigenvalue weighted by atomic mass is 10.2. The number of hydrogen-bond donors (Lipinski definition) is 2. The van der Waals surface area contributed by atoms with Gasteiger partial charge in [0.25, 0.3) is 0 Å². The molecule has 0 saturated carbocycles. The monoisotopic (exact) mass is 353 g/mol. The maximum atomic E-state index is 13.7. The Balaban J connectivity index is 0.00000220. The summed E-state index contributed by atoms with van der Waals surface area (Å²) in [7, 11) is 0. The summed E-state index contributed by atoms with van der Waals surface area (Å²) in [5, 5.41) is 2.68. The molecule has 8 heteroatoms. The largest absolute Gasteiger partial charge is 0.378 e. The molecule has 0 spiro atoms. The molecule has 5 nitrogen and oxygen atoms in total. The second-order valence-electron chi connectivity index (χ2n) is 5.03. The van der Waals surface area contributed by atoms with Gasteiger partial charge in [0.2, 0.25) is 5.91 Å². The van der Waals surface area contributed by atoms with Crippen LogP contribution in [0.2, 0.25) is 0 Å². The molecule has 1 heterocycles. The highest BCUT2D eigenvalue weighted by Crippen LogP contribution is 2.23. The first-order valence-corrected chi connectivity index (χ1v) is 6.73. The Bertz CT molecular complexity index is 483. The van der Waals surface area contributed by atoms with Gasteiger partial charge in [-0.2, -0.15) is 0 Å². The van der Waals surface area contributed by atoms with Gasteiger partial charge in [-0.1, -0.05) is 0 Å². The first-order valence-electron chi connectivity index (χ1n) is 6.73. The van der Waals surface area contributed by atoms with Crippen molar-refractivity contribution in [3.63, 3.8) is 0 Å². The molecule has 1 aliphatic heterocycles. The van der Waals surface area contributed by atoms with Crippen molar-refractivity contribution >= 4 is 42.1 Å². The molecule has 1 aromatic carbocycles. The van der Waals surface area contributed by atoms with Crippen LogP contribution in [0.1, 0.15) is 13.3 Å². The molecule has 1 unspecified atom stereocenters. The van der Waals surface area contributed by atoms with Crippen LogP contribution in [-0.4, -0.2) is 38.3 Å². The zero-order valence-electron chi connectivity index (χ0n) is 12.4. The summed E-state index contributed by atoms with van der Waals surface area (Å²) in [5.74, 6) is -0.580. The average molecular weight is 354 g/mol. The second kappa shape index (κ2) is 9.84. The average Bonchev–Trinajstić information content (AvgIpc) is 2.38. The third kappa shape index (κ3) is 6.36. The fraction of sp³-hybridized carbons (Fsp3) is 0.500. The van der Waals surface area contributed by atoms with Crippen LogP contribution in [0.4, 0.5) is 15.8 Å². The number of carbonyl (C=O) groups excluding carboxylic acids is 1. The molecule has 1 fully saturated rings. The van der Waals surface area contributed by atoms with Crippen LogP contribution in [-0.2, 0) is 9.53 Å². The van der Waals surface area contributed by atoms with Crippen LogP contribution < -0.4 is 16.0 Å². The van der Waals surface area contributed by atoms with Crippen molar-refractivity contribution in [2.75, 3.05) is 36.5 Å². The van der Waals surface area contributed by atoms with Crippen LogP contribution in [0.15, 0.2) is 18.2 Å². The first kappa shape index (κ1) is 20.9. The Labute approximate surface area is 142 Å². The Morgan fingerprint density at radius 3 is 2.59 bits per heavy atom. The van der Waals surface area contributed by atoms with E-state index in [0.29, 0.717) is 18.9 Å². The lowest BCUT2D eigenvalue weighted by Gasteiger charge is -2.29. The van der Waals surface area contributed by atoms with Crippen LogP contribution >= 0.6 is 24.8 Å². The minimum Gasteiger partial charge on any atom is -0.378 e. The SMILES string of the molecule is CC(N)CC(=O)Nc1cc(F)cc(N2CCOCC2)c1.Cl.Cl. The van der Waals surface area contributed by atoms with E-state index in [0.717, 1.165) is 18.8 Å². The standard InChI is InChI=1S/C14H20FN3O2.2ClH/c1-10(16)6-14(19)17-12-7-11(15)8-13(9-12)18-2-4-20-5-3-18;;/h7-10H,2-6,16H2,1H3,(H,17,19);2*1H. The Morgan fingerprint density at radius 2 is 2.00 bits per heavy atom. The molecule has 0 radical (unpaired) electrons. The molecule has 126 valence electrons. The molecule has 0 bridgehead atoms. The summed E-state index contributed by atoms with van der Waals surface area (Å²) in [6, 6.07) is 4.32. The van der Waals surface area contributed by atoms with E-state index < -0.39 is 0 Å². The number of anilines is 2. The topological polar surface area (TPSA) is 67.6 Å². The number of amides is 1. The number of ether oxygens (including phenoxy) is 1. The normalized spacial score (nSPS) is 15.3. The number of halogens is 3. The number of nitrogens with two attached hydrogens (primary N) is 1. The van der Waals surface area contributed by atoms with Gasteiger partial charge in [0.05, 0.1) is 13.2 Å². The predicted molar refractivity (Wildman–Crippen MR) is 90.8 cm³/mol. The number of benzene rings is 1. The van der Waals surface area contributed by atoms with Crippen molar-refractivity contribution in [2.24, 2.45) is 5.73 Å². The third-order valence-corrected chi connectivity index (χ3v) is 3.05. The van der Waals surface area contributed by atoms with Gasteiger partial charge in [-0.25, -0.2) is 4.39 Å². The van der Waals surface area contributed by atoms with Gasteiger partial charge in [0.1, 0.15) is 5.82 Å². The molecule has 0 aliphatic carbocycles. The fourth-order valence-electron chi connectivity index (χ4n) is 2.15. The minimum atomic E-state index is -0.370. The molecule has 2 rings (SSSR count). The van der Waals surface area contributed by atoms with Gasteiger partial charge in [0, 0.05) is 36.9 Å². The summed E-state index contributed by atoms with van der Waals surface area (Å²) in [6.07, 6.45) is 0.212. The predicted octanol–water partition coefficient (Wildman–Crippen LogP) is 2.18. The maximum Gasteiger partial charge on any atom is 0.225 e. The Hall–Kier alpha value is -1.08. The van der Waals surface area contributed by atoms with Crippen molar-refractivity contribution in [3.05, 3.63) is 24.0 Å². The second-order valence-corrected chi connectivity index (χ2v) is 5.03. The van der Waals surface area contributed by atoms with E-state index >= 15 is 0 Å². The van der Waals surface area contributed by atoms with Crippen molar-refractivity contribution in [3.8, 4) is 0 Å². The fourth-order valence-corrected chi connectivity index (χ4v) is 2.15. The number of morpholine rings is 1. The Kier molecular flexibility index (Phi) is 9.36. The lowest BCUT2D eigenvalue weighted by Crippen LogP contribution is -2.36. The molecule has 1 atom stereocenters. The number of rotatable bonds is 4. The maximum absolute atomic E-state index is 13.7. The highest BCUT2D eigenvalue weighted by atomic mass is 35.5. The molecule has 22 heavy (non-hydrogen) atoms. The molecule has 0 aromatic heterocycles. The summed E-state index contributed by atoms with van der Waals surface area (Å²) >= 11 is 0. The van der Waals surface area contributed by atoms with Gasteiger partial charge in [-0.3, -0.25) is 4.79 Å². The smallest absolute Gasteiger partial charge is 0.225 e. The van der Waals surface area contributed by atoms with Crippen molar-refractivity contribution in [1.82, 2.24) is 0 Å². The molecular weight excluding hydrogens is 332 g/mol. The molecule has 3 N–H and O–H groups in total. The zero-order chi connectivity index (χ0) is 14.5. The molecule has 1 saturated heterocycles. The third-order valence-electron chi connectivity index (χ3n) is 3.05. The van der Waals surface area contributed by atoms with Gasteiger partial charge < -0.3 is 20.7 Å². The van der Waals surface area contributed by atoms with E-state index in [4.69, 9.17) is 10.5 Å². The van der Waals surface area contributed by atoms with E-state index in [2.05, 4.69) is 5.32 Å². The summed E-state index contributed by atoms with van der Waals surface area (Å²) in [6.45, 7) is 4.45. The summed E-state index contributed by atoms with van der Waals surface area (Å²) in [4.78, 5) is 13.7. The summed E-state index contributed by atoms with van der Waals surface area (Å²) < 4.78 is 18.9. The zero-order valence-corrected chi connectivity index (χ0v) is 14.0. The van der Waals surface area contributed by atoms with Crippen molar-refractivity contribution in [1.29, 1.82) is 0 Å². The van der Waals surface area contributed by atoms with Crippen LogP contribution in [0, 0.1) is 5.82 Å². The minimum absolute atomic E-state index is 0. The van der Waals surface area contributed by atoms with Gasteiger partial charge in [-0.05, 0) is 25.1 Å². The first-order chi connectivity index (χ1) is 9.54. The lowest BCUT2D eigenvalue weighted by molar-refractivity contribution is -0.116. The van der Waals surface area contributed by atoms with E-state index in [1.165, 1.54) is 12.1 Å². The van der Waals surface area contributed by atoms with Crippen LogP contribution in [0.3, 0.4) is 0 Å². The molecule has 1 aromatic rings. The van der Waals surface area contributed by atoms with Crippen molar-refractivity contribution < 1.29 is 13.9 Å². The van der Waals surface area contributed by atoms with Crippen LogP contribution in [0.25, 0.3) is 0 Å². The highest BCUT2D eigenvalue weighted by molar-refractivity contribution is 5.91. The van der Waals surface area contributed by atoms with E-state index in [1.54, 1.807) is 13.0 Å².